The van der Waals surface area contributed by atoms with E-state index in [1.165, 1.54) is 12.1 Å². The van der Waals surface area contributed by atoms with Crippen LogP contribution in [0.25, 0.3) is 0 Å². The van der Waals surface area contributed by atoms with Gasteiger partial charge in [0, 0.05) is 0 Å². The fourth-order valence-corrected chi connectivity index (χ4v) is 3.12. The van der Waals surface area contributed by atoms with Gasteiger partial charge >= 0.3 is 5.97 Å². The third-order valence-electron chi connectivity index (χ3n) is 4.82. The van der Waals surface area contributed by atoms with Gasteiger partial charge in [0.15, 0.2) is 6.04 Å². The fourth-order valence-electron chi connectivity index (χ4n) is 3.12. The zero-order chi connectivity index (χ0) is 21.3. The van der Waals surface area contributed by atoms with Crippen molar-refractivity contribution < 1.29 is 23.9 Å². The normalized spacial score (nSPS) is 14.5. The molecule has 1 aliphatic heterocycles. The van der Waals surface area contributed by atoms with Gasteiger partial charge in [0.1, 0.15) is 6.61 Å². The summed E-state index contributed by atoms with van der Waals surface area (Å²) >= 11 is 0. The van der Waals surface area contributed by atoms with Crippen LogP contribution in [0.1, 0.15) is 57.4 Å². The van der Waals surface area contributed by atoms with E-state index in [2.05, 4.69) is 20.8 Å². The zero-order valence-corrected chi connectivity index (χ0v) is 16.5. The Morgan fingerprint density at radius 2 is 1.48 bits per heavy atom. The predicted octanol–water partition coefficient (Wildman–Crippen LogP) is 2.29. The summed E-state index contributed by atoms with van der Waals surface area (Å²) in [5, 5.41) is 0. The van der Waals surface area contributed by atoms with E-state index in [0.29, 0.717) is 5.56 Å². The molecule has 3 amide bonds. The number of benzene rings is 2. The Bertz CT molecular complexity index is 954. The van der Waals surface area contributed by atoms with Crippen LogP contribution in [-0.4, -0.2) is 41.2 Å². The van der Waals surface area contributed by atoms with Crippen LogP contribution >= 0.6 is 0 Å². The summed E-state index contributed by atoms with van der Waals surface area (Å²) < 4.78 is 5.20. The maximum absolute atomic E-state index is 12.6. The molecule has 0 aromatic heterocycles. The molecule has 2 aromatic carbocycles. The number of hydrogen-bond acceptors (Lipinski definition) is 5. The number of imide groups is 1. The highest BCUT2D eigenvalue weighted by molar-refractivity contribution is 6.22. The molecular weight excluding hydrogens is 372 g/mol. The maximum atomic E-state index is 12.6. The Morgan fingerprint density at radius 1 is 0.966 bits per heavy atom. The molecule has 1 heterocycles. The summed E-state index contributed by atoms with van der Waals surface area (Å²) in [6, 6.07) is 11.8. The summed E-state index contributed by atoms with van der Waals surface area (Å²) in [6.07, 6.45) is 0. The van der Waals surface area contributed by atoms with Crippen LogP contribution in [0.3, 0.4) is 0 Å². The number of primary amides is 1. The fraction of sp³-hybridized carbons (Fsp3) is 0.273. The SMILES string of the molecule is CC(C)(C)c1ccc(C(=O)OCC(C(N)=O)N2C(=O)c3ccccc3C2=O)cc1. The molecule has 1 aliphatic rings. The minimum Gasteiger partial charge on any atom is -0.459 e. The molecule has 1 unspecified atom stereocenters. The first-order valence-electron chi connectivity index (χ1n) is 9.15. The molecule has 0 spiro atoms. The van der Waals surface area contributed by atoms with E-state index in [1.54, 1.807) is 24.3 Å². The first-order valence-corrected chi connectivity index (χ1v) is 9.15. The number of nitrogens with zero attached hydrogens (tertiary/aromatic N) is 1. The summed E-state index contributed by atoms with van der Waals surface area (Å²) in [7, 11) is 0. The quantitative estimate of drug-likeness (QED) is 0.618. The largest absolute Gasteiger partial charge is 0.459 e. The summed E-state index contributed by atoms with van der Waals surface area (Å²) in [5.74, 6) is -2.89. The minimum absolute atomic E-state index is 0.0645. The summed E-state index contributed by atoms with van der Waals surface area (Å²) in [5.41, 5.74) is 7.05. The number of carbonyl (C=O) groups excluding carboxylic acids is 4. The lowest BCUT2D eigenvalue weighted by atomic mass is 9.87. The minimum atomic E-state index is -1.39. The summed E-state index contributed by atoms with van der Waals surface area (Å²) in [6.45, 7) is 5.65. The van der Waals surface area contributed by atoms with Crippen molar-refractivity contribution in [1.29, 1.82) is 0 Å². The third-order valence-corrected chi connectivity index (χ3v) is 4.82. The first-order chi connectivity index (χ1) is 13.6. The standard InChI is InChI=1S/C22H22N2O5/c1-22(2,3)14-10-8-13(9-11-14)21(28)29-12-17(18(23)25)24-19(26)15-6-4-5-7-16(15)20(24)27/h4-11,17H,12H2,1-3H3,(H2,23,25). The van der Waals surface area contributed by atoms with Crippen molar-refractivity contribution >= 4 is 23.7 Å². The average Bonchev–Trinajstić information content (AvgIpc) is 2.93. The predicted molar refractivity (Wildman–Crippen MR) is 105 cm³/mol. The Labute approximate surface area is 168 Å². The maximum Gasteiger partial charge on any atom is 0.338 e. The van der Waals surface area contributed by atoms with Crippen molar-refractivity contribution in [2.45, 2.75) is 32.2 Å². The van der Waals surface area contributed by atoms with Crippen LogP contribution in [0.5, 0.6) is 0 Å². The van der Waals surface area contributed by atoms with Gasteiger partial charge in [-0.15, -0.1) is 0 Å². The molecule has 2 N–H and O–H groups in total. The first kappa shape index (κ1) is 20.3. The molecule has 1 atom stereocenters. The van der Waals surface area contributed by atoms with E-state index < -0.39 is 36.3 Å². The molecule has 0 saturated heterocycles. The van der Waals surface area contributed by atoms with Crippen LogP contribution in [0, 0.1) is 0 Å². The molecule has 7 heteroatoms. The molecule has 0 fully saturated rings. The number of nitrogens with two attached hydrogens (primary N) is 1. The monoisotopic (exact) mass is 394 g/mol. The van der Waals surface area contributed by atoms with Crippen molar-refractivity contribution in [2.24, 2.45) is 5.73 Å². The number of amides is 3. The van der Waals surface area contributed by atoms with E-state index in [4.69, 9.17) is 10.5 Å². The van der Waals surface area contributed by atoms with Crippen LogP contribution < -0.4 is 5.73 Å². The Hall–Kier alpha value is -3.48. The highest BCUT2D eigenvalue weighted by Gasteiger charge is 2.42. The van der Waals surface area contributed by atoms with E-state index in [9.17, 15) is 19.2 Å². The Balaban J connectivity index is 1.74. The average molecular weight is 394 g/mol. The molecule has 29 heavy (non-hydrogen) atoms. The van der Waals surface area contributed by atoms with Crippen molar-refractivity contribution in [3.8, 4) is 0 Å². The molecule has 0 saturated carbocycles. The van der Waals surface area contributed by atoms with Crippen LogP contribution in [0.2, 0.25) is 0 Å². The molecule has 0 aliphatic carbocycles. The van der Waals surface area contributed by atoms with Gasteiger partial charge in [-0.25, -0.2) is 4.79 Å². The van der Waals surface area contributed by atoms with E-state index >= 15 is 0 Å². The topological polar surface area (TPSA) is 107 Å². The van der Waals surface area contributed by atoms with Gasteiger partial charge in [-0.3, -0.25) is 19.3 Å². The third kappa shape index (κ3) is 3.89. The van der Waals surface area contributed by atoms with E-state index in [1.807, 2.05) is 12.1 Å². The number of esters is 1. The van der Waals surface area contributed by atoms with Crippen molar-refractivity contribution in [1.82, 2.24) is 4.90 Å². The van der Waals surface area contributed by atoms with Crippen LogP contribution in [-0.2, 0) is 14.9 Å². The molecule has 7 nitrogen and oxygen atoms in total. The van der Waals surface area contributed by atoms with E-state index in [-0.39, 0.29) is 16.5 Å². The van der Waals surface area contributed by atoms with Gasteiger partial charge in [-0.1, -0.05) is 45.0 Å². The van der Waals surface area contributed by atoms with Crippen LogP contribution in [0.15, 0.2) is 48.5 Å². The van der Waals surface area contributed by atoms with Gasteiger partial charge in [-0.2, -0.15) is 0 Å². The molecule has 0 bridgehead atoms. The summed E-state index contributed by atoms with van der Waals surface area (Å²) in [4.78, 5) is 50.1. The van der Waals surface area contributed by atoms with Gasteiger partial charge < -0.3 is 10.5 Å². The lowest BCUT2D eigenvalue weighted by molar-refractivity contribution is -0.123. The smallest absolute Gasteiger partial charge is 0.338 e. The van der Waals surface area contributed by atoms with Gasteiger partial charge in [-0.05, 0) is 35.2 Å². The van der Waals surface area contributed by atoms with Crippen molar-refractivity contribution in [2.75, 3.05) is 6.61 Å². The van der Waals surface area contributed by atoms with Gasteiger partial charge in [0.2, 0.25) is 5.91 Å². The number of ether oxygens (including phenoxy) is 1. The number of fused-ring (bicyclic) bond motifs is 1. The van der Waals surface area contributed by atoms with Gasteiger partial charge in [0.25, 0.3) is 11.8 Å². The molecule has 2 aromatic rings. The van der Waals surface area contributed by atoms with E-state index in [0.717, 1.165) is 10.5 Å². The highest BCUT2D eigenvalue weighted by atomic mass is 16.5. The number of hydrogen-bond donors (Lipinski definition) is 1. The number of carbonyl (C=O) groups is 4. The molecule has 150 valence electrons. The second-order valence-electron chi connectivity index (χ2n) is 7.87. The lowest BCUT2D eigenvalue weighted by Gasteiger charge is -2.23. The zero-order valence-electron chi connectivity index (χ0n) is 16.5. The lowest BCUT2D eigenvalue weighted by Crippen LogP contribution is -2.50. The number of rotatable bonds is 5. The Kier molecular flexibility index (Phi) is 5.24. The van der Waals surface area contributed by atoms with Gasteiger partial charge in [0.05, 0.1) is 16.7 Å². The molecule has 3 rings (SSSR count). The molecular formula is C22H22N2O5. The van der Waals surface area contributed by atoms with Crippen molar-refractivity contribution in [3.63, 3.8) is 0 Å². The Morgan fingerprint density at radius 3 is 1.93 bits per heavy atom. The second kappa shape index (κ2) is 7.50. The van der Waals surface area contributed by atoms with Crippen molar-refractivity contribution in [3.05, 3.63) is 70.8 Å². The van der Waals surface area contributed by atoms with Crippen LogP contribution in [0.4, 0.5) is 0 Å². The second-order valence-corrected chi connectivity index (χ2v) is 7.87. The molecule has 0 radical (unpaired) electrons. The highest BCUT2D eigenvalue weighted by Crippen LogP contribution is 2.25.